The average molecular weight is 326 g/mol. The van der Waals surface area contributed by atoms with Crippen molar-refractivity contribution >= 4 is 15.9 Å². The zero-order chi connectivity index (χ0) is 13.9. The highest BCUT2D eigenvalue weighted by Crippen LogP contribution is 2.33. The lowest BCUT2D eigenvalue weighted by Gasteiger charge is -2.27. The van der Waals surface area contributed by atoms with Gasteiger partial charge in [-0.25, -0.2) is 0 Å². The normalized spacial score (nSPS) is 18.6. The second kappa shape index (κ2) is 6.38. The SMILES string of the molecule is COCCC(C)(C)CNC1CCc2cc(Br)ccc21. The smallest absolute Gasteiger partial charge is 0.0467 e. The minimum atomic E-state index is 0.286. The van der Waals surface area contributed by atoms with Crippen molar-refractivity contribution in [1.29, 1.82) is 0 Å². The van der Waals surface area contributed by atoms with E-state index < -0.39 is 0 Å². The summed E-state index contributed by atoms with van der Waals surface area (Å²) in [5.74, 6) is 0. The van der Waals surface area contributed by atoms with E-state index in [1.807, 2.05) is 0 Å². The van der Waals surface area contributed by atoms with Crippen molar-refractivity contribution in [3.63, 3.8) is 0 Å². The summed E-state index contributed by atoms with van der Waals surface area (Å²) in [6, 6.07) is 7.18. The monoisotopic (exact) mass is 325 g/mol. The summed E-state index contributed by atoms with van der Waals surface area (Å²) in [5.41, 5.74) is 3.25. The summed E-state index contributed by atoms with van der Waals surface area (Å²) in [5, 5.41) is 3.74. The molecule has 0 saturated carbocycles. The first-order valence-electron chi connectivity index (χ1n) is 7.02. The molecule has 1 N–H and O–H groups in total. The van der Waals surface area contributed by atoms with Gasteiger partial charge in [-0.2, -0.15) is 0 Å². The molecule has 106 valence electrons. The minimum absolute atomic E-state index is 0.286. The van der Waals surface area contributed by atoms with E-state index in [0.717, 1.165) is 19.6 Å². The summed E-state index contributed by atoms with van der Waals surface area (Å²) >= 11 is 3.55. The lowest BCUT2D eigenvalue weighted by Crippen LogP contribution is -2.32. The van der Waals surface area contributed by atoms with Gasteiger partial charge in [-0.15, -0.1) is 0 Å². The van der Waals surface area contributed by atoms with E-state index in [2.05, 4.69) is 53.3 Å². The molecule has 0 amide bonds. The van der Waals surface area contributed by atoms with Crippen molar-refractivity contribution in [2.45, 2.75) is 39.2 Å². The van der Waals surface area contributed by atoms with Crippen LogP contribution in [0.3, 0.4) is 0 Å². The van der Waals surface area contributed by atoms with Gasteiger partial charge in [0.1, 0.15) is 0 Å². The highest BCUT2D eigenvalue weighted by molar-refractivity contribution is 9.10. The van der Waals surface area contributed by atoms with Gasteiger partial charge in [0, 0.05) is 30.8 Å². The number of benzene rings is 1. The Bertz CT molecular complexity index is 431. The zero-order valence-corrected chi connectivity index (χ0v) is 13.7. The molecule has 0 bridgehead atoms. The standard InChI is InChI=1S/C16H24BrNO/c1-16(2,8-9-19-3)11-18-15-7-4-12-10-13(17)5-6-14(12)15/h5-6,10,15,18H,4,7-9,11H2,1-3H3. The Labute approximate surface area is 125 Å². The summed E-state index contributed by atoms with van der Waals surface area (Å²) in [6.07, 6.45) is 3.49. The van der Waals surface area contributed by atoms with E-state index in [4.69, 9.17) is 4.74 Å². The van der Waals surface area contributed by atoms with Crippen molar-refractivity contribution in [2.75, 3.05) is 20.3 Å². The highest BCUT2D eigenvalue weighted by Gasteiger charge is 2.25. The van der Waals surface area contributed by atoms with Crippen LogP contribution in [0.25, 0.3) is 0 Å². The molecule has 0 fully saturated rings. The molecule has 2 rings (SSSR count). The molecule has 2 nitrogen and oxygen atoms in total. The Kier molecular flexibility index (Phi) is 5.04. The quantitative estimate of drug-likeness (QED) is 0.850. The average Bonchev–Trinajstić information content (AvgIpc) is 2.76. The third kappa shape index (κ3) is 4.04. The van der Waals surface area contributed by atoms with Crippen LogP contribution in [0.1, 0.15) is 43.9 Å². The fourth-order valence-electron chi connectivity index (χ4n) is 2.66. The molecule has 0 aromatic heterocycles. The van der Waals surface area contributed by atoms with E-state index in [0.29, 0.717) is 6.04 Å². The second-order valence-corrected chi connectivity index (χ2v) is 7.14. The first kappa shape index (κ1) is 15.0. The number of hydrogen-bond donors (Lipinski definition) is 1. The molecular weight excluding hydrogens is 302 g/mol. The Balaban J connectivity index is 1.92. The molecule has 0 aliphatic heterocycles. The van der Waals surface area contributed by atoms with Crippen LogP contribution in [0.15, 0.2) is 22.7 Å². The predicted molar refractivity (Wildman–Crippen MR) is 83.5 cm³/mol. The maximum absolute atomic E-state index is 5.19. The molecule has 1 unspecified atom stereocenters. The molecule has 19 heavy (non-hydrogen) atoms. The summed E-state index contributed by atoms with van der Waals surface area (Å²) in [6.45, 7) is 6.48. The largest absolute Gasteiger partial charge is 0.385 e. The van der Waals surface area contributed by atoms with Crippen molar-refractivity contribution in [3.05, 3.63) is 33.8 Å². The number of rotatable bonds is 6. The van der Waals surface area contributed by atoms with Crippen molar-refractivity contribution in [2.24, 2.45) is 5.41 Å². The lowest BCUT2D eigenvalue weighted by molar-refractivity contribution is 0.149. The van der Waals surface area contributed by atoms with Crippen LogP contribution in [-0.4, -0.2) is 20.3 Å². The lowest BCUT2D eigenvalue weighted by atomic mass is 9.89. The van der Waals surface area contributed by atoms with Gasteiger partial charge >= 0.3 is 0 Å². The van der Waals surface area contributed by atoms with E-state index in [1.165, 1.54) is 28.4 Å². The van der Waals surface area contributed by atoms with Gasteiger partial charge in [0.2, 0.25) is 0 Å². The first-order valence-corrected chi connectivity index (χ1v) is 7.82. The number of halogens is 1. The van der Waals surface area contributed by atoms with Crippen LogP contribution < -0.4 is 5.32 Å². The fourth-order valence-corrected chi connectivity index (χ4v) is 3.07. The van der Waals surface area contributed by atoms with Gasteiger partial charge in [-0.1, -0.05) is 35.8 Å². The molecule has 1 aliphatic carbocycles. The molecule has 0 spiro atoms. The fraction of sp³-hybridized carbons (Fsp3) is 0.625. The molecule has 1 aromatic rings. The topological polar surface area (TPSA) is 21.3 Å². The van der Waals surface area contributed by atoms with E-state index in [1.54, 1.807) is 7.11 Å². The highest BCUT2D eigenvalue weighted by atomic mass is 79.9. The van der Waals surface area contributed by atoms with Gasteiger partial charge in [-0.3, -0.25) is 0 Å². The second-order valence-electron chi connectivity index (χ2n) is 6.22. The molecule has 0 saturated heterocycles. The van der Waals surface area contributed by atoms with Gasteiger partial charge in [0.15, 0.2) is 0 Å². The van der Waals surface area contributed by atoms with Crippen molar-refractivity contribution < 1.29 is 4.74 Å². The third-order valence-corrected chi connectivity index (χ3v) is 4.49. The molecule has 3 heteroatoms. The molecule has 1 aromatic carbocycles. The zero-order valence-electron chi connectivity index (χ0n) is 12.1. The molecular formula is C16H24BrNO. The number of methoxy groups -OCH3 is 1. The minimum Gasteiger partial charge on any atom is -0.385 e. The van der Waals surface area contributed by atoms with Crippen LogP contribution in [0, 0.1) is 5.41 Å². The number of nitrogens with one attached hydrogen (secondary N) is 1. The van der Waals surface area contributed by atoms with Crippen molar-refractivity contribution in [1.82, 2.24) is 5.32 Å². The number of fused-ring (bicyclic) bond motifs is 1. The molecule has 1 aliphatic rings. The first-order chi connectivity index (χ1) is 9.02. The van der Waals surface area contributed by atoms with Gasteiger partial charge in [0.25, 0.3) is 0 Å². The third-order valence-electron chi connectivity index (χ3n) is 3.99. The van der Waals surface area contributed by atoms with Crippen LogP contribution >= 0.6 is 15.9 Å². The Morgan fingerprint density at radius 2 is 2.21 bits per heavy atom. The van der Waals surface area contributed by atoms with Crippen LogP contribution in [-0.2, 0) is 11.2 Å². The number of hydrogen-bond acceptors (Lipinski definition) is 2. The van der Waals surface area contributed by atoms with Crippen LogP contribution in [0.2, 0.25) is 0 Å². The van der Waals surface area contributed by atoms with Crippen molar-refractivity contribution in [3.8, 4) is 0 Å². The van der Waals surface area contributed by atoms with Crippen LogP contribution in [0.5, 0.6) is 0 Å². The molecule has 0 heterocycles. The maximum Gasteiger partial charge on any atom is 0.0467 e. The van der Waals surface area contributed by atoms with Gasteiger partial charge in [-0.05, 0) is 47.9 Å². The Morgan fingerprint density at radius 3 is 2.95 bits per heavy atom. The summed E-state index contributed by atoms with van der Waals surface area (Å²) in [4.78, 5) is 0. The Morgan fingerprint density at radius 1 is 1.42 bits per heavy atom. The molecule has 1 atom stereocenters. The summed E-state index contributed by atoms with van der Waals surface area (Å²) < 4.78 is 6.37. The molecule has 0 radical (unpaired) electrons. The van der Waals surface area contributed by atoms with E-state index in [9.17, 15) is 0 Å². The maximum atomic E-state index is 5.19. The Hall–Kier alpha value is -0.380. The van der Waals surface area contributed by atoms with Gasteiger partial charge < -0.3 is 10.1 Å². The van der Waals surface area contributed by atoms with E-state index in [-0.39, 0.29) is 5.41 Å². The van der Waals surface area contributed by atoms with Crippen LogP contribution in [0.4, 0.5) is 0 Å². The predicted octanol–water partition coefficient (Wildman–Crippen LogP) is 4.09. The van der Waals surface area contributed by atoms with E-state index >= 15 is 0 Å². The number of aryl methyl sites for hydroxylation is 1. The number of ether oxygens (including phenoxy) is 1. The summed E-state index contributed by atoms with van der Waals surface area (Å²) in [7, 11) is 1.77. The van der Waals surface area contributed by atoms with Gasteiger partial charge in [0.05, 0.1) is 0 Å².